The first kappa shape index (κ1) is 11.0. The van der Waals surface area contributed by atoms with Crippen LogP contribution in [0.2, 0.25) is 0 Å². The molecule has 1 aromatic heterocycles. The van der Waals surface area contributed by atoms with Gasteiger partial charge in [-0.1, -0.05) is 6.42 Å². The standard InChI is InChI=1S/C9H12ClNO3S/c10-5-9-11-6-7(14-9)8-3-1-2-4-15(8,12)13/h6,8H,1-5H2. The fraction of sp³-hybridized carbons (Fsp3) is 0.667. The zero-order chi connectivity index (χ0) is 10.9. The van der Waals surface area contributed by atoms with Gasteiger partial charge in [0.1, 0.15) is 11.0 Å². The molecule has 0 bridgehead atoms. The van der Waals surface area contributed by atoms with Crippen LogP contribution in [0.4, 0.5) is 0 Å². The highest BCUT2D eigenvalue weighted by atomic mass is 35.5. The van der Waals surface area contributed by atoms with Gasteiger partial charge < -0.3 is 4.42 Å². The SMILES string of the molecule is O=S1(=O)CCCCC1c1cnc(CCl)o1. The number of rotatable bonds is 2. The van der Waals surface area contributed by atoms with Crippen LogP contribution >= 0.6 is 11.6 Å². The molecule has 84 valence electrons. The van der Waals surface area contributed by atoms with Crippen molar-refractivity contribution < 1.29 is 12.8 Å². The minimum atomic E-state index is -3.05. The monoisotopic (exact) mass is 249 g/mol. The molecule has 15 heavy (non-hydrogen) atoms. The predicted octanol–water partition coefficient (Wildman–Crippen LogP) is 2.05. The number of sulfone groups is 1. The van der Waals surface area contributed by atoms with Crippen molar-refractivity contribution in [3.05, 3.63) is 17.8 Å². The van der Waals surface area contributed by atoms with E-state index < -0.39 is 15.1 Å². The molecular weight excluding hydrogens is 238 g/mol. The van der Waals surface area contributed by atoms with E-state index in [-0.39, 0.29) is 11.6 Å². The van der Waals surface area contributed by atoms with E-state index in [1.807, 2.05) is 0 Å². The second-order valence-corrected chi connectivity index (χ2v) is 6.21. The molecule has 1 saturated heterocycles. The summed E-state index contributed by atoms with van der Waals surface area (Å²) < 4.78 is 28.8. The topological polar surface area (TPSA) is 60.2 Å². The summed E-state index contributed by atoms with van der Waals surface area (Å²) in [7, 11) is -3.05. The van der Waals surface area contributed by atoms with Crippen LogP contribution < -0.4 is 0 Å². The van der Waals surface area contributed by atoms with E-state index in [4.69, 9.17) is 16.0 Å². The molecule has 6 heteroatoms. The molecule has 0 spiro atoms. The molecule has 0 radical (unpaired) electrons. The Morgan fingerprint density at radius 1 is 1.53 bits per heavy atom. The van der Waals surface area contributed by atoms with Gasteiger partial charge in [0.25, 0.3) is 0 Å². The summed E-state index contributed by atoms with van der Waals surface area (Å²) >= 11 is 5.54. The smallest absolute Gasteiger partial charge is 0.209 e. The lowest BCUT2D eigenvalue weighted by molar-refractivity contribution is 0.441. The Bertz CT molecular complexity index is 440. The quantitative estimate of drug-likeness (QED) is 0.753. The molecule has 0 aliphatic carbocycles. The second-order valence-electron chi connectivity index (χ2n) is 3.64. The number of alkyl halides is 1. The average Bonchev–Trinajstić information content (AvgIpc) is 2.65. The molecule has 0 amide bonds. The van der Waals surface area contributed by atoms with Gasteiger partial charge in [0.2, 0.25) is 5.89 Å². The molecule has 1 aliphatic heterocycles. The Balaban J connectivity index is 2.29. The van der Waals surface area contributed by atoms with Gasteiger partial charge in [-0.3, -0.25) is 0 Å². The average molecular weight is 250 g/mol. The van der Waals surface area contributed by atoms with Gasteiger partial charge in [0, 0.05) is 0 Å². The zero-order valence-electron chi connectivity index (χ0n) is 8.15. The van der Waals surface area contributed by atoms with E-state index in [1.54, 1.807) is 0 Å². The Hall–Kier alpha value is -0.550. The van der Waals surface area contributed by atoms with E-state index in [0.29, 0.717) is 18.1 Å². The lowest BCUT2D eigenvalue weighted by Gasteiger charge is -2.19. The second kappa shape index (κ2) is 4.14. The minimum absolute atomic E-state index is 0.173. The van der Waals surface area contributed by atoms with Gasteiger partial charge in [0.15, 0.2) is 9.84 Å². The van der Waals surface area contributed by atoms with E-state index in [2.05, 4.69) is 4.98 Å². The van der Waals surface area contributed by atoms with E-state index in [0.717, 1.165) is 12.8 Å². The highest BCUT2D eigenvalue weighted by Gasteiger charge is 2.32. The Labute approximate surface area is 93.6 Å². The molecule has 1 aliphatic rings. The summed E-state index contributed by atoms with van der Waals surface area (Å²) in [5.41, 5.74) is 0. The number of hydrogen-bond donors (Lipinski definition) is 0. The number of aromatic nitrogens is 1. The summed E-state index contributed by atoms with van der Waals surface area (Å²) in [6, 6.07) is 0. The molecule has 1 aromatic rings. The number of hydrogen-bond acceptors (Lipinski definition) is 4. The molecule has 1 fully saturated rings. The summed E-state index contributed by atoms with van der Waals surface area (Å²) in [6.07, 6.45) is 3.76. The molecule has 1 unspecified atom stereocenters. The molecule has 0 saturated carbocycles. The summed E-state index contributed by atoms with van der Waals surface area (Å²) in [6.45, 7) is 0. The van der Waals surface area contributed by atoms with Crippen molar-refractivity contribution in [2.45, 2.75) is 30.4 Å². The van der Waals surface area contributed by atoms with Crippen molar-refractivity contribution in [2.24, 2.45) is 0 Å². The van der Waals surface area contributed by atoms with Gasteiger partial charge in [0.05, 0.1) is 17.8 Å². The first-order chi connectivity index (χ1) is 7.13. The van der Waals surface area contributed by atoms with Crippen molar-refractivity contribution in [2.75, 3.05) is 5.75 Å². The minimum Gasteiger partial charge on any atom is -0.443 e. The summed E-state index contributed by atoms with van der Waals surface area (Å²) in [4.78, 5) is 3.91. The molecule has 1 atom stereocenters. The van der Waals surface area contributed by atoms with Gasteiger partial charge in [-0.2, -0.15) is 0 Å². The third-order valence-electron chi connectivity index (χ3n) is 2.58. The van der Waals surface area contributed by atoms with Crippen LogP contribution in [0, 0.1) is 0 Å². The molecular formula is C9H12ClNO3S. The van der Waals surface area contributed by atoms with Crippen LogP contribution in [0.25, 0.3) is 0 Å². The van der Waals surface area contributed by atoms with Gasteiger partial charge in [-0.15, -0.1) is 11.6 Å². The first-order valence-electron chi connectivity index (χ1n) is 4.85. The Kier molecular flexibility index (Phi) is 3.02. The van der Waals surface area contributed by atoms with Crippen molar-refractivity contribution in [3.8, 4) is 0 Å². The number of nitrogens with zero attached hydrogens (tertiary/aromatic N) is 1. The largest absolute Gasteiger partial charge is 0.443 e. The molecule has 2 heterocycles. The van der Waals surface area contributed by atoms with E-state index in [9.17, 15) is 8.42 Å². The van der Waals surface area contributed by atoms with Gasteiger partial charge >= 0.3 is 0 Å². The third kappa shape index (κ3) is 2.18. The van der Waals surface area contributed by atoms with Gasteiger partial charge in [-0.05, 0) is 12.8 Å². The summed E-state index contributed by atoms with van der Waals surface area (Å²) in [5.74, 6) is 1.24. The van der Waals surface area contributed by atoms with Crippen LogP contribution in [0.3, 0.4) is 0 Å². The maximum atomic E-state index is 11.8. The van der Waals surface area contributed by atoms with Crippen LogP contribution in [-0.2, 0) is 15.7 Å². The van der Waals surface area contributed by atoms with E-state index >= 15 is 0 Å². The van der Waals surface area contributed by atoms with Crippen LogP contribution in [-0.4, -0.2) is 19.2 Å². The maximum absolute atomic E-state index is 11.8. The zero-order valence-corrected chi connectivity index (χ0v) is 9.72. The highest BCUT2D eigenvalue weighted by molar-refractivity contribution is 7.91. The third-order valence-corrected chi connectivity index (χ3v) is 5.00. The molecule has 0 N–H and O–H groups in total. The lowest BCUT2D eigenvalue weighted by atomic mass is 10.1. The van der Waals surface area contributed by atoms with Crippen molar-refractivity contribution >= 4 is 21.4 Å². The molecule has 4 nitrogen and oxygen atoms in total. The highest BCUT2D eigenvalue weighted by Crippen LogP contribution is 2.33. The van der Waals surface area contributed by atoms with E-state index in [1.165, 1.54) is 6.20 Å². The van der Waals surface area contributed by atoms with Crippen molar-refractivity contribution in [3.63, 3.8) is 0 Å². The lowest BCUT2D eigenvalue weighted by Crippen LogP contribution is -2.21. The Morgan fingerprint density at radius 3 is 2.93 bits per heavy atom. The fourth-order valence-corrected chi connectivity index (χ4v) is 3.81. The van der Waals surface area contributed by atoms with Gasteiger partial charge in [-0.25, -0.2) is 13.4 Å². The molecule has 0 aromatic carbocycles. The normalized spacial score (nSPS) is 25.3. The van der Waals surface area contributed by atoms with Crippen molar-refractivity contribution in [1.29, 1.82) is 0 Å². The van der Waals surface area contributed by atoms with Crippen LogP contribution in [0.1, 0.15) is 36.2 Å². The number of oxazole rings is 1. The van der Waals surface area contributed by atoms with Crippen molar-refractivity contribution in [1.82, 2.24) is 4.98 Å². The predicted molar refractivity (Wildman–Crippen MR) is 56.4 cm³/mol. The maximum Gasteiger partial charge on any atom is 0.209 e. The molecule has 2 rings (SSSR count). The van der Waals surface area contributed by atoms with Crippen LogP contribution in [0.5, 0.6) is 0 Å². The fourth-order valence-electron chi connectivity index (χ4n) is 1.81. The Morgan fingerprint density at radius 2 is 2.33 bits per heavy atom. The van der Waals surface area contributed by atoms with Crippen LogP contribution in [0.15, 0.2) is 10.6 Å². The number of halogens is 1. The first-order valence-corrected chi connectivity index (χ1v) is 7.10. The summed E-state index contributed by atoms with van der Waals surface area (Å²) in [5, 5.41) is -0.518.